The Morgan fingerprint density at radius 3 is 2.69 bits per heavy atom. The molecule has 1 aromatic rings. The third-order valence-corrected chi connectivity index (χ3v) is 2.33. The Hall–Kier alpha value is -0.790. The van der Waals surface area contributed by atoms with E-state index in [4.69, 9.17) is 5.73 Å². The molecule has 1 aromatic heterocycles. The second-order valence-corrected chi connectivity index (χ2v) is 3.40. The lowest BCUT2D eigenvalue weighted by molar-refractivity contribution is 0.110. The number of nitrogens with two attached hydrogens (primary N) is 1. The van der Waals surface area contributed by atoms with Gasteiger partial charge in [-0.15, -0.1) is 0 Å². The van der Waals surface area contributed by atoms with Crippen molar-refractivity contribution in [3.63, 3.8) is 0 Å². The van der Waals surface area contributed by atoms with Crippen LogP contribution in [-0.4, -0.2) is 11.3 Å². The monoisotopic (exact) mass is 298 g/mol. The lowest BCUT2D eigenvalue weighted by atomic mass is 10.2. The maximum atomic E-state index is 12.4. The average Bonchev–Trinajstić information content (AvgIpc) is 2.08. The van der Waals surface area contributed by atoms with Crippen LogP contribution >= 0.6 is 22.6 Å². The number of carbonyl (C=O) groups excluding carboxylic acids is 1. The van der Waals surface area contributed by atoms with Crippen LogP contribution in [0.3, 0.4) is 0 Å². The number of pyridine rings is 1. The molecule has 2 N–H and O–H groups in total. The molecule has 6 heteroatoms. The molecular weight excluding hydrogens is 293 g/mol. The molecule has 0 aromatic carbocycles. The zero-order chi connectivity index (χ0) is 10.0. The molecule has 0 unspecified atom stereocenters. The van der Waals surface area contributed by atoms with Gasteiger partial charge in [-0.2, -0.15) is 0 Å². The molecule has 0 saturated heterocycles. The first-order chi connectivity index (χ1) is 6.07. The van der Waals surface area contributed by atoms with Crippen LogP contribution in [-0.2, 0) is 0 Å². The maximum absolute atomic E-state index is 12.4. The largest absolute Gasteiger partial charge is 0.397 e. The molecule has 0 aliphatic rings. The molecule has 0 amide bonds. The van der Waals surface area contributed by atoms with Crippen LogP contribution in [0.4, 0.5) is 14.5 Å². The number of rotatable bonds is 2. The number of aldehydes is 1. The maximum Gasteiger partial charge on any atom is 0.268 e. The normalized spacial score (nSPS) is 10.5. The van der Waals surface area contributed by atoms with Crippen molar-refractivity contribution >= 4 is 34.6 Å². The lowest BCUT2D eigenvalue weighted by Gasteiger charge is -2.07. The fraction of sp³-hybridized carbons (Fsp3) is 0.143. The molecule has 0 radical (unpaired) electrons. The molecule has 0 aliphatic heterocycles. The summed E-state index contributed by atoms with van der Waals surface area (Å²) in [7, 11) is 0. The highest BCUT2D eigenvalue weighted by atomic mass is 127. The fourth-order valence-corrected chi connectivity index (χ4v) is 1.28. The van der Waals surface area contributed by atoms with Crippen molar-refractivity contribution in [1.82, 2.24) is 4.98 Å². The molecule has 70 valence electrons. The number of carbonyl (C=O) groups is 1. The van der Waals surface area contributed by atoms with Gasteiger partial charge in [-0.25, -0.2) is 8.78 Å². The van der Waals surface area contributed by atoms with E-state index < -0.39 is 12.0 Å². The number of nitrogens with zero attached hydrogens (tertiary/aromatic N) is 1. The first kappa shape index (κ1) is 10.3. The van der Waals surface area contributed by atoms with Gasteiger partial charge < -0.3 is 5.73 Å². The quantitative estimate of drug-likeness (QED) is 0.671. The van der Waals surface area contributed by atoms with Gasteiger partial charge in [0.1, 0.15) is 5.69 Å². The van der Waals surface area contributed by atoms with E-state index in [1.54, 1.807) is 22.6 Å². The summed E-state index contributed by atoms with van der Waals surface area (Å²) >= 11 is 1.78. The summed E-state index contributed by atoms with van der Waals surface area (Å²) in [6.07, 6.45) is -1.22. The second kappa shape index (κ2) is 3.95. The zero-order valence-electron chi connectivity index (χ0n) is 6.30. The van der Waals surface area contributed by atoms with Gasteiger partial charge in [-0.1, -0.05) is 0 Å². The van der Waals surface area contributed by atoms with Gasteiger partial charge in [0.25, 0.3) is 6.43 Å². The van der Waals surface area contributed by atoms with Crippen molar-refractivity contribution in [2.24, 2.45) is 0 Å². The Bertz CT molecular complexity index is 344. The van der Waals surface area contributed by atoms with Crippen molar-refractivity contribution in [2.75, 3.05) is 5.73 Å². The third kappa shape index (κ3) is 1.93. The van der Waals surface area contributed by atoms with Gasteiger partial charge in [-0.3, -0.25) is 9.78 Å². The number of hydrogen-bond acceptors (Lipinski definition) is 3. The molecule has 0 saturated carbocycles. The van der Waals surface area contributed by atoms with Crippen LogP contribution in [0.25, 0.3) is 0 Å². The first-order valence-electron chi connectivity index (χ1n) is 3.25. The van der Waals surface area contributed by atoms with Crippen LogP contribution in [0.5, 0.6) is 0 Å². The van der Waals surface area contributed by atoms with E-state index in [9.17, 15) is 13.6 Å². The molecule has 0 atom stereocenters. The van der Waals surface area contributed by atoms with E-state index in [-0.39, 0.29) is 17.7 Å². The Labute approximate surface area is 86.5 Å². The Morgan fingerprint density at radius 2 is 2.23 bits per heavy atom. The van der Waals surface area contributed by atoms with Crippen molar-refractivity contribution in [3.05, 3.63) is 21.0 Å². The minimum atomic E-state index is -2.78. The number of nitrogen functional groups attached to an aromatic ring is 1. The summed E-state index contributed by atoms with van der Waals surface area (Å²) < 4.78 is 25.2. The molecule has 0 bridgehead atoms. The highest BCUT2D eigenvalue weighted by Gasteiger charge is 2.19. The SMILES string of the molecule is Nc1c(I)cnc(C=O)c1C(F)F. The van der Waals surface area contributed by atoms with E-state index in [0.29, 0.717) is 3.57 Å². The fourth-order valence-electron chi connectivity index (χ4n) is 0.855. The Morgan fingerprint density at radius 1 is 1.62 bits per heavy atom. The summed E-state index contributed by atoms with van der Waals surface area (Å²) in [6.45, 7) is 0. The molecule has 3 nitrogen and oxygen atoms in total. The van der Waals surface area contributed by atoms with Gasteiger partial charge in [0, 0.05) is 6.20 Å². The number of halogens is 3. The van der Waals surface area contributed by atoms with E-state index in [2.05, 4.69) is 4.98 Å². The van der Waals surface area contributed by atoms with Crippen molar-refractivity contribution < 1.29 is 13.6 Å². The second-order valence-electron chi connectivity index (χ2n) is 2.24. The van der Waals surface area contributed by atoms with Crippen LogP contribution in [0.2, 0.25) is 0 Å². The number of hydrogen-bond donors (Lipinski definition) is 1. The van der Waals surface area contributed by atoms with Crippen LogP contribution in [0.1, 0.15) is 22.5 Å². The molecule has 1 heterocycles. The van der Waals surface area contributed by atoms with Crippen LogP contribution in [0, 0.1) is 3.57 Å². The summed E-state index contributed by atoms with van der Waals surface area (Å²) in [5.74, 6) is 0. The standard InChI is InChI=1S/C7H5F2IN2O/c8-7(9)5-4(2-13)12-1-3(10)6(5)11/h1-2,7H,(H2,11,12). The van der Waals surface area contributed by atoms with Gasteiger partial charge >= 0.3 is 0 Å². The molecular formula is C7H5F2IN2O. The number of anilines is 1. The zero-order valence-corrected chi connectivity index (χ0v) is 8.46. The molecule has 13 heavy (non-hydrogen) atoms. The van der Waals surface area contributed by atoms with E-state index in [1.807, 2.05) is 0 Å². The predicted octanol–water partition coefficient (Wildman–Crippen LogP) is 2.02. The van der Waals surface area contributed by atoms with Crippen LogP contribution in [0.15, 0.2) is 6.20 Å². The van der Waals surface area contributed by atoms with E-state index in [1.165, 1.54) is 6.20 Å². The van der Waals surface area contributed by atoms with Crippen LogP contribution < -0.4 is 5.73 Å². The van der Waals surface area contributed by atoms with Gasteiger partial charge in [-0.05, 0) is 22.6 Å². The summed E-state index contributed by atoms with van der Waals surface area (Å²) in [4.78, 5) is 13.9. The lowest BCUT2D eigenvalue weighted by Crippen LogP contribution is -2.04. The van der Waals surface area contributed by atoms with Gasteiger partial charge in [0.05, 0.1) is 14.8 Å². The van der Waals surface area contributed by atoms with E-state index in [0.717, 1.165) is 0 Å². The molecule has 1 rings (SSSR count). The van der Waals surface area contributed by atoms with Crippen molar-refractivity contribution in [1.29, 1.82) is 0 Å². The highest BCUT2D eigenvalue weighted by molar-refractivity contribution is 14.1. The van der Waals surface area contributed by atoms with E-state index >= 15 is 0 Å². The highest BCUT2D eigenvalue weighted by Crippen LogP contribution is 2.29. The smallest absolute Gasteiger partial charge is 0.268 e. The average molecular weight is 298 g/mol. The number of alkyl halides is 2. The third-order valence-electron chi connectivity index (χ3n) is 1.47. The van der Waals surface area contributed by atoms with Gasteiger partial charge in [0.15, 0.2) is 6.29 Å². The Balaban J connectivity index is 3.41. The molecule has 0 aliphatic carbocycles. The predicted molar refractivity (Wildman–Crippen MR) is 51.7 cm³/mol. The summed E-state index contributed by atoms with van der Waals surface area (Å²) in [6, 6.07) is 0. The van der Waals surface area contributed by atoms with Crippen molar-refractivity contribution in [3.8, 4) is 0 Å². The first-order valence-corrected chi connectivity index (χ1v) is 4.33. The molecule has 0 fully saturated rings. The van der Waals surface area contributed by atoms with Gasteiger partial charge in [0.2, 0.25) is 0 Å². The minimum absolute atomic E-state index is 0.0762. The summed E-state index contributed by atoms with van der Waals surface area (Å²) in [5.41, 5.74) is 4.51. The summed E-state index contributed by atoms with van der Waals surface area (Å²) in [5, 5.41) is 0. The Kier molecular flexibility index (Phi) is 3.12. The molecule has 0 spiro atoms. The number of aromatic nitrogens is 1. The van der Waals surface area contributed by atoms with Crippen molar-refractivity contribution in [2.45, 2.75) is 6.43 Å². The minimum Gasteiger partial charge on any atom is -0.397 e. The topological polar surface area (TPSA) is 56.0 Å².